The molecule has 0 radical (unpaired) electrons. The van der Waals surface area contributed by atoms with E-state index in [-0.39, 0.29) is 5.82 Å². The van der Waals surface area contributed by atoms with Gasteiger partial charge in [0.1, 0.15) is 5.75 Å². The lowest BCUT2D eigenvalue weighted by Crippen LogP contribution is -2.15. The van der Waals surface area contributed by atoms with E-state index in [9.17, 15) is 0 Å². The number of benzene rings is 1. The van der Waals surface area contributed by atoms with Crippen molar-refractivity contribution >= 4 is 40.8 Å². The number of hydrogen-bond acceptors (Lipinski definition) is 6. The Morgan fingerprint density at radius 1 is 0.963 bits per heavy atom. The van der Waals surface area contributed by atoms with Crippen LogP contribution in [-0.4, -0.2) is 33.6 Å². The molecule has 0 saturated heterocycles. The fourth-order valence-corrected chi connectivity index (χ4v) is 2.57. The van der Waals surface area contributed by atoms with Crippen molar-refractivity contribution < 1.29 is 4.74 Å². The molecular formula is C18H16Cl3N5O. The van der Waals surface area contributed by atoms with Gasteiger partial charge in [-0.05, 0) is 48.4 Å². The third-order valence-corrected chi connectivity index (χ3v) is 4.19. The van der Waals surface area contributed by atoms with E-state index in [1.165, 1.54) is 0 Å². The summed E-state index contributed by atoms with van der Waals surface area (Å²) in [5.74, 6) is 1.52. The maximum atomic E-state index is 5.99. The molecule has 3 aromatic rings. The number of nitrogens with zero attached hydrogens (tertiary/aromatic N) is 4. The van der Waals surface area contributed by atoms with Crippen LogP contribution in [0.15, 0.2) is 48.8 Å². The van der Waals surface area contributed by atoms with Crippen LogP contribution >= 0.6 is 34.8 Å². The van der Waals surface area contributed by atoms with Crippen LogP contribution in [0.3, 0.4) is 0 Å². The summed E-state index contributed by atoms with van der Waals surface area (Å²) in [5.41, 5.74) is 1.90. The zero-order valence-electron chi connectivity index (χ0n) is 14.4. The van der Waals surface area contributed by atoms with Gasteiger partial charge in [-0.2, -0.15) is 9.97 Å². The first-order chi connectivity index (χ1) is 13.0. The summed E-state index contributed by atoms with van der Waals surface area (Å²) in [6, 6.07) is 11.2. The van der Waals surface area contributed by atoms with Gasteiger partial charge in [0.25, 0.3) is 0 Å². The predicted octanol–water partition coefficient (Wildman–Crippen LogP) is 4.42. The monoisotopic (exact) mass is 423 g/mol. The Balaban J connectivity index is 1.84. The normalized spacial score (nSPS) is 11.3. The van der Waals surface area contributed by atoms with Gasteiger partial charge in [0.2, 0.25) is 9.74 Å². The summed E-state index contributed by atoms with van der Waals surface area (Å²) in [5, 5.41) is 3.16. The summed E-state index contributed by atoms with van der Waals surface area (Å²) < 4.78 is 3.41. The van der Waals surface area contributed by atoms with Crippen molar-refractivity contribution in [2.75, 3.05) is 19.0 Å². The number of anilines is 1. The van der Waals surface area contributed by atoms with Crippen molar-refractivity contribution in [3.8, 4) is 17.1 Å². The number of pyridine rings is 1. The molecule has 0 spiro atoms. The van der Waals surface area contributed by atoms with Gasteiger partial charge in [0, 0.05) is 24.5 Å². The molecule has 6 nitrogen and oxygen atoms in total. The average Bonchev–Trinajstić information content (AvgIpc) is 2.68. The lowest BCUT2D eigenvalue weighted by atomic mass is 10.2. The summed E-state index contributed by atoms with van der Waals surface area (Å²) in [4.78, 5) is 17.0. The van der Waals surface area contributed by atoms with Crippen LogP contribution < -0.4 is 10.1 Å². The van der Waals surface area contributed by atoms with Gasteiger partial charge < -0.3 is 10.1 Å². The van der Waals surface area contributed by atoms with Gasteiger partial charge in [0.15, 0.2) is 11.6 Å². The third kappa shape index (κ3) is 5.42. The van der Waals surface area contributed by atoms with Crippen LogP contribution in [0, 0.1) is 0 Å². The highest BCUT2D eigenvalue weighted by Gasteiger charge is 2.28. The van der Waals surface area contributed by atoms with Crippen LogP contribution in [0.1, 0.15) is 11.4 Å². The molecule has 2 heterocycles. The van der Waals surface area contributed by atoms with Crippen molar-refractivity contribution in [1.29, 1.82) is 0 Å². The molecule has 3 rings (SSSR count). The quantitative estimate of drug-likeness (QED) is 0.590. The van der Waals surface area contributed by atoms with Crippen molar-refractivity contribution in [2.24, 2.45) is 0 Å². The van der Waals surface area contributed by atoms with Crippen molar-refractivity contribution in [1.82, 2.24) is 19.9 Å². The van der Waals surface area contributed by atoms with E-state index in [1.807, 2.05) is 36.4 Å². The SMILES string of the molecule is COc1ccc(-c2nc(NCCc3ccncc3)nc(C(Cl)(Cl)Cl)n2)cc1. The van der Waals surface area contributed by atoms with Gasteiger partial charge in [-0.1, -0.05) is 34.8 Å². The highest BCUT2D eigenvalue weighted by atomic mass is 35.6. The third-order valence-electron chi connectivity index (χ3n) is 3.68. The largest absolute Gasteiger partial charge is 0.497 e. The Labute approximate surface area is 171 Å². The second-order valence-electron chi connectivity index (χ2n) is 5.56. The summed E-state index contributed by atoms with van der Waals surface area (Å²) in [7, 11) is 1.60. The molecule has 0 bridgehead atoms. The van der Waals surface area contributed by atoms with E-state index in [2.05, 4.69) is 25.3 Å². The van der Waals surface area contributed by atoms with Gasteiger partial charge >= 0.3 is 0 Å². The maximum Gasteiger partial charge on any atom is 0.250 e. The molecule has 0 fully saturated rings. The molecule has 2 aromatic heterocycles. The Bertz CT molecular complexity index is 886. The maximum absolute atomic E-state index is 5.99. The number of methoxy groups -OCH3 is 1. The predicted molar refractivity (Wildman–Crippen MR) is 107 cm³/mol. The van der Waals surface area contributed by atoms with Gasteiger partial charge in [-0.25, -0.2) is 4.98 Å². The topological polar surface area (TPSA) is 72.8 Å². The van der Waals surface area contributed by atoms with Gasteiger partial charge in [0.05, 0.1) is 7.11 Å². The molecule has 0 aliphatic rings. The fraction of sp³-hybridized carbons (Fsp3) is 0.222. The zero-order valence-corrected chi connectivity index (χ0v) is 16.6. The molecule has 0 unspecified atom stereocenters. The van der Waals surface area contributed by atoms with Crippen molar-refractivity contribution in [2.45, 2.75) is 10.2 Å². The highest BCUT2D eigenvalue weighted by molar-refractivity contribution is 6.66. The lowest BCUT2D eigenvalue weighted by Gasteiger charge is -2.13. The molecule has 0 atom stereocenters. The number of nitrogens with one attached hydrogen (secondary N) is 1. The minimum Gasteiger partial charge on any atom is -0.497 e. The minimum atomic E-state index is -1.76. The molecule has 0 saturated carbocycles. The first kappa shape index (κ1) is 19.6. The summed E-state index contributed by atoms with van der Waals surface area (Å²) >= 11 is 18.0. The second-order valence-corrected chi connectivity index (χ2v) is 7.85. The van der Waals surface area contributed by atoms with Crippen LogP contribution in [0.4, 0.5) is 5.95 Å². The van der Waals surface area contributed by atoms with E-state index in [1.54, 1.807) is 19.5 Å². The number of aromatic nitrogens is 4. The van der Waals surface area contributed by atoms with E-state index in [0.29, 0.717) is 18.3 Å². The molecule has 27 heavy (non-hydrogen) atoms. The zero-order chi connectivity index (χ0) is 19.3. The van der Waals surface area contributed by atoms with Crippen LogP contribution in [0.25, 0.3) is 11.4 Å². The van der Waals surface area contributed by atoms with Crippen LogP contribution in [0.2, 0.25) is 0 Å². The number of ether oxygens (including phenoxy) is 1. The number of halogens is 3. The molecule has 0 aliphatic carbocycles. The standard InChI is InChI=1S/C18H16Cl3N5O/c1-27-14-4-2-13(3-5-14)15-24-16(18(19,20)21)26-17(25-15)23-11-8-12-6-9-22-10-7-12/h2-7,9-10H,8,11H2,1H3,(H,23,24,25,26). The lowest BCUT2D eigenvalue weighted by molar-refractivity contribution is 0.415. The Hall–Kier alpha value is -2.15. The average molecular weight is 425 g/mol. The van der Waals surface area contributed by atoms with Gasteiger partial charge in [-0.3, -0.25) is 4.98 Å². The van der Waals surface area contributed by atoms with Crippen LogP contribution in [0.5, 0.6) is 5.75 Å². The van der Waals surface area contributed by atoms with Gasteiger partial charge in [-0.15, -0.1) is 0 Å². The fourth-order valence-electron chi connectivity index (χ4n) is 2.32. The molecule has 9 heteroatoms. The molecule has 1 aromatic carbocycles. The van der Waals surface area contributed by atoms with E-state index in [4.69, 9.17) is 39.5 Å². The Kier molecular flexibility index (Phi) is 6.31. The first-order valence-corrected chi connectivity index (χ1v) is 9.19. The molecule has 140 valence electrons. The first-order valence-electron chi connectivity index (χ1n) is 8.06. The van der Waals surface area contributed by atoms with Crippen LogP contribution in [-0.2, 0) is 10.2 Å². The highest BCUT2D eigenvalue weighted by Crippen LogP contribution is 2.36. The van der Waals surface area contributed by atoms with Crippen molar-refractivity contribution in [3.63, 3.8) is 0 Å². The molecular weight excluding hydrogens is 409 g/mol. The Morgan fingerprint density at radius 3 is 2.30 bits per heavy atom. The second kappa shape index (κ2) is 8.69. The number of hydrogen-bond donors (Lipinski definition) is 1. The minimum absolute atomic E-state index is 0.0553. The number of alkyl halides is 3. The van der Waals surface area contributed by atoms with Crippen molar-refractivity contribution in [3.05, 3.63) is 60.2 Å². The smallest absolute Gasteiger partial charge is 0.250 e. The van der Waals surface area contributed by atoms with E-state index < -0.39 is 3.79 Å². The van der Waals surface area contributed by atoms with E-state index in [0.717, 1.165) is 23.3 Å². The summed E-state index contributed by atoms with van der Waals surface area (Å²) in [6.07, 6.45) is 4.27. The van der Waals surface area contributed by atoms with E-state index >= 15 is 0 Å². The molecule has 0 amide bonds. The molecule has 0 aliphatic heterocycles. The number of rotatable bonds is 6. The summed E-state index contributed by atoms with van der Waals surface area (Å²) in [6.45, 7) is 0.607. The Morgan fingerprint density at radius 2 is 1.67 bits per heavy atom. The molecule has 1 N–H and O–H groups in total.